The van der Waals surface area contributed by atoms with Gasteiger partial charge >= 0.3 is 0 Å². The third-order valence-electron chi connectivity index (χ3n) is 5.56. The number of nitrogens with zero attached hydrogens (tertiary/aromatic N) is 6. The number of nitrogens with one attached hydrogen (secondary N) is 1. The molecule has 30 heavy (non-hydrogen) atoms. The molecule has 5 aromatic rings. The molecule has 0 saturated heterocycles. The monoisotopic (exact) mass is 415 g/mol. The quantitative estimate of drug-likeness (QED) is 0.488. The maximum atomic E-state index is 13.3. The Morgan fingerprint density at radius 2 is 2.20 bits per heavy atom. The van der Waals surface area contributed by atoms with E-state index >= 15 is 0 Å². The number of thiazole rings is 1. The fourth-order valence-electron chi connectivity index (χ4n) is 4.09. The summed E-state index contributed by atoms with van der Waals surface area (Å²) in [5, 5.41) is 13.3. The molecule has 0 amide bonds. The van der Waals surface area contributed by atoms with Crippen LogP contribution in [0.5, 0.6) is 0 Å². The van der Waals surface area contributed by atoms with Crippen LogP contribution in [0.3, 0.4) is 0 Å². The molecule has 1 aromatic carbocycles. The lowest BCUT2D eigenvalue weighted by Crippen LogP contribution is -2.25. The van der Waals surface area contributed by atoms with Crippen molar-refractivity contribution in [3.05, 3.63) is 68.8 Å². The average Bonchev–Trinajstić information content (AvgIpc) is 3.52. The molecule has 0 fully saturated rings. The van der Waals surface area contributed by atoms with Gasteiger partial charge in [0.05, 0.1) is 23.1 Å². The van der Waals surface area contributed by atoms with Gasteiger partial charge in [-0.05, 0) is 23.3 Å². The van der Waals surface area contributed by atoms with Gasteiger partial charge in [0.1, 0.15) is 10.5 Å². The number of aromatic nitrogens is 6. The van der Waals surface area contributed by atoms with Crippen molar-refractivity contribution in [2.24, 2.45) is 12.0 Å². The molecule has 0 atom stereocenters. The summed E-state index contributed by atoms with van der Waals surface area (Å²) in [7, 11) is 1.89. The minimum absolute atomic E-state index is 0.105. The van der Waals surface area contributed by atoms with Gasteiger partial charge in [0.2, 0.25) is 0 Å². The molecule has 8 nitrogen and oxygen atoms in total. The van der Waals surface area contributed by atoms with E-state index in [0.717, 1.165) is 44.1 Å². The minimum atomic E-state index is -0.105. The predicted molar refractivity (Wildman–Crippen MR) is 117 cm³/mol. The number of hydrogen-bond acceptors (Lipinski definition) is 6. The summed E-state index contributed by atoms with van der Waals surface area (Å²) < 4.78 is 4.41. The van der Waals surface area contributed by atoms with Crippen LogP contribution in [0.2, 0.25) is 0 Å². The normalized spacial score (nSPS) is 13.0. The average molecular weight is 415 g/mol. The van der Waals surface area contributed by atoms with E-state index < -0.39 is 0 Å². The number of aromatic amines is 1. The van der Waals surface area contributed by atoms with Crippen molar-refractivity contribution in [2.45, 2.75) is 19.4 Å². The third-order valence-corrected chi connectivity index (χ3v) is 6.64. The molecular weight excluding hydrogens is 398 g/mol. The Bertz CT molecular complexity index is 1500. The Kier molecular flexibility index (Phi) is 3.72. The lowest BCUT2D eigenvalue weighted by atomic mass is 10.0. The molecule has 0 aliphatic carbocycles. The predicted octanol–water partition coefficient (Wildman–Crippen LogP) is 2.97. The Morgan fingerprint density at radius 1 is 1.27 bits per heavy atom. The van der Waals surface area contributed by atoms with Gasteiger partial charge in [-0.3, -0.25) is 14.9 Å². The SMILES string of the molecule is Cn1c2nc(Cc3ccn[nH]3)sc2c2cnn(Cc3cccc4c3CC=N4)c(=O)c21. The number of rotatable bonds is 4. The van der Waals surface area contributed by atoms with E-state index in [2.05, 4.69) is 20.3 Å². The van der Waals surface area contributed by atoms with E-state index in [0.29, 0.717) is 18.5 Å². The third kappa shape index (κ3) is 2.55. The molecule has 1 N–H and O–H groups in total. The second-order valence-electron chi connectivity index (χ2n) is 7.38. The second-order valence-corrected chi connectivity index (χ2v) is 8.46. The fourth-order valence-corrected chi connectivity index (χ4v) is 5.22. The van der Waals surface area contributed by atoms with Gasteiger partial charge in [0, 0.05) is 43.4 Å². The van der Waals surface area contributed by atoms with Crippen LogP contribution >= 0.6 is 11.3 Å². The topological polar surface area (TPSA) is 93.8 Å². The minimum Gasteiger partial charge on any atom is -0.323 e. The van der Waals surface area contributed by atoms with Crippen molar-refractivity contribution in [3.63, 3.8) is 0 Å². The highest BCUT2D eigenvalue weighted by Crippen LogP contribution is 2.32. The van der Waals surface area contributed by atoms with Gasteiger partial charge < -0.3 is 4.57 Å². The Labute approximate surface area is 174 Å². The number of benzene rings is 1. The summed E-state index contributed by atoms with van der Waals surface area (Å²) in [5.41, 5.74) is 5.59. The molecule has 1 aliphatic rings. The smallest absolute Gasteiger partial charge is 0.291 e. The van der Waals surface area contributed by atoms with Crippen LogP contribution in [0.4, 0.5) is 5.69 Å². The van der Waals surface area contributed by atoms with E-state index in [9.17, 15) is 4.79 Å². The van der Waals surface area contributed by atoms with Gasteiger partial charge in [0.15, 0.2) is 5.65 Å². The van der Waals surface area contributed by atoms with Crippen molar-refractivity contribution < 1.29 is 0 Å². The highest BCUT2D eigenvalue weighted by atomic mass is 32.1. The second kappa shape index (κ2) is 6.46. The Hall–Kier alpha value is -3.59. The number of aliphatic imine (C=N–C) groups is 1. The van der Waals surface area contributed by atoms with Crippen LogP contribution in [0.15, 0.2) is 46.4 Å². The maximum absolute atomic E-state index is 13.3. The van der Waals surface area contributed by atoms with Gasteiger partial charge in [-0.15, -0.1) is 11.3 Å². The van der Waals surface area contributed by atoms with Gasteiger partial charge in [-0.25, -0.2) is 9.67 Å². The zero-order valence-corrected chi connectivity index (χ0v) is 17.0. The highest BCUT2D eigenvalue weighted by Gasteiger charge is 2.19. The number of hydrogen-bond donors (Lipinski definition) is 1. The van der Waals surface area contributed by atoms with Crippen LogP contribution in [0, 0.1) is 0 Å². The van der Waals surface area contributed by atoms with Crippen LogP contribution in [0.25, 0.3) is 21.3 Å². The summed E-state index contributed by atoms with van der Waals surface area (Å²) >= 11 is 1.60. The summed E-state index contributed by atoms with van der Waals surface area (Å²) in [6, 6.07) is 7.96. The number of fused-ring (bicyclic) bond motifs is 4. The molecular formula is C21H17N7OS. The first-order chi connectivity index (χ1) is 14.7. The van der Waals surface area contributed by atoms with Crippen molar-refractivity contribution in [1.29, 1.82) is 0 Å². The Morgan fingerprint density at radius 3 is 3.07 bits per heavy atom. The first-order valence-electron chi connectivity index (χ1n) is 9.64. The zero-order chi connectivity index (χ0) is 20.2. The molecule has 0 radical (unpaired) electrons. The first kappa shape index (κ1) is 17.3. The van der Waals surface area contributed by atoms with Crippen molar-refractivity contribution >= 4 is 44.5 Å². The van der Waals surface area contributed by atoms with Gasteiger partial charge in [-0.2, -0.15) is 10.2 Å². The number of H-pyrrole nitrogens is 1. The zero-order valence-electron chi connectivity index (χ0n) is 16.2. The van der Waals surface area contributed by atoms with E-state index in [1.807, 2.05) is 42.1 Å². The van der Waals surface area contributed by atoms with Gasteiger partial charge in [0.25, 0.3) is 5.56 Å². The summed E-state index contributed by atoms with van der Waals surface area (Å²) in [4.78, 5) is 22.4. The van der Waals surface area contributed by atoms with Crippen molar-refractivity contribution in [1.82, 2.24) is 29.5 Å². The largest absolute Gasteiger partial charge is 0.323 e. The molecule has 6 rings (SSSR count). The van der Waals surface area contributed by atoms with E-state index in [1.165, 1.54) is 10.2 Å². The maximum Gasteiger partial charge on any atom is 0.291 e. The molecule has 148 valence electrons. The van der Waals surface area contributed by atoms with E-state index in [1.54, 1.807) is 23.7 Å². The fraction of sp³-hybridized carbons (Fsp3) is 0.190. The lowest BCUT2D eigenvalue weighted by Gasteiger charge is -2.09. The molecule has 9 heteroatoms. The standard InChI is InChI=1S/C21H17N7OS/c1-27-18-15(19-20(27)25-17(30-19)9-13-5-8-23-26-13)10-24-28(21(18)29)11-12-3-2-4-16-14(12)6-7-22-16/h2-5,7-8,10H,6,9,11H2,1H3,(H,23,26). The summed E-state index contributed by atoms with van der Waals surface area (Å²) in [5.74, 6) is 0. The van der Waals surface area contributed by atoms with Crippen LogP contribution in [-0.2, 0) is 26.4 Å². The van der Waals surface area contributed by atoms with Gasteiger partial charge in [-0.1, -0.05) is 12.1 Å². The highest BCUT2D eigenvalue weighted by molar-refractivity contribution is 7.19. The van der Waals surface area contributed by atoms with Crippen LogP contribution in [0.1, 0.15) is 21.8 Å². The Balaban J connectivity index is 1.43. The summed E-state index contributed by atoms with van der Waals surface area (Å²) in [6.07, 6.45) is 6.92. The lowest BCUT2D eigenvalue weighted by molar-refractivity contribution is 0.642. The number of aryl methyl sites for hydroxylation is 1. The van der Waals surface area contributed by atoms with E-state index in [4.69, 9.17) is 4.98 Å². The molecule has 1 aliphatic heterocycles. The van der Waals surface area contributed by atoms with Crippen molar-refractivity contribution in [2.75, 3.05) is 0 Å². The van der Waals surface area contributed by atoms with Crippen molar-refractivity contribution in [3.8, 4) is 0 Å². The molecule has 0 spiro atoms. The summed E-state index contributed by atoms with van der Waals surface area (Å²) in [6.45, 7) is 0.429. The molecule has 0 saturated carbocycles. The van der Waals surface area contributed by atoms with Crippen LogP contribution in [-0.4, -0.2) is 35.7 Å². The molecule has 5 heterocycles. The molecule has 0 unspecified atom stereocenters. The van der Waals surface area contributed by atoms with Crippen LogP contribution < -0.4 is 5.56 Å². The van der Waals surface area contributed by atoms with E-state index in [-0.39, 0.29) is 5.56 Å². The molecule has 4 aromatic heterocycles. The molecule has 0 bridgehead atoms. The first-order valence-corrected chi connectivity index (χ1v) is 10.5.